The molecule has 0 fully saturated rings. The number of likely N-dealkylation sites (N-methyl/N-ethyl adjacent to an activating group) is 1. The molecule has 1 aliphatic rings. The molecule has 0 bridgehead atoms. The molecule has 2 aromatic carbocycles. The molecule has 140 valence electrons. The second-order valence-electron chi connectivity index (χ2n) is 6.60. The largest absolute Gasteiger partial charge is 0.492 e. The Morgan fingerprint density at radius 2 is 1.88 bits per heavy atom. The molecule has 0 saturated carbocycles. The molecule has 0 aromatic heterocycles. The van der Waals surface area contributed by atoms with Crippen molar-refractivity contribution in [1.82, 2.24) is 10.0 Å². The molecule has 1 aliphatic heterocycles. The molecule has 0 aliphatic carbocycles. The Balaban J connectivity index is 1.87. The second kappa shape index (κ2) is 8.20. The van der Waals surface area contributed by atoms with Gasteiger partial charge in [-0.1, -0.05) is 42.5 Å². The standard InChI is InChI=1S/C20H26N2O3S/c1-3-26(23,24)22-13-16-9-10-20-18(12-16)17(19(21-2)14-25-20)11-15-7-5-4-6-8-15/h4-10,12,17,19,21-22H,3,11,13-14H2,1-2H3/t17-,19+/m1/s1. The van der Waals surface area contributed by atoms with Gasteiger partial charge in [0.2, 0.25) is 10.0 Å². The van der Waals surface area contributed by atoms with E-state index in [-0.39, 0.29) is 17.7 Å². The minimum atomic E-state index is -3.21. The molecule has 2 aromatic rings. The van der Waals surface area contributed by atoms with Crippen molar-refractivity contribution in [2.75, 3.05) is 19.4 Å². The number of nitrogens with one attached hydrogen (secondary N) is 2. The van der Waals surface area contributed by atoms with E-state index in [1.807, 2.05) is 25.2 Å². The third kappa shape index (κ3) is 4.44. The van der Waals surface area contributed by atoms with Gasteiger partial charge in [0.15, 0.2) is 0 Å². The monoisotopic (exact) mass is 374 g/mol. The summed E-state index contributed by atoms with van der Waals surface area (Å²) in [6.45, 7) is 2.56. The fraction of sp³-hybridized carbons (Fsp3) is 0.400. The van der Waals surface area contributed by atoms with Crippen molar-refractivity contribution in [2.45, 2.75) is 31.8 Å². The van der Waals surface area contributed by atoms with Crippen LogP contribution in [0.2, 0.25) is 0 Å². The summed E-state index contributed by atoms with van der Waals surface area (Å²) in [5.41, 5.74) is 3.36. The van der Waals surface area contributed by atoms with E-state index in [0.717, 1.165) is 23.3 Å². The molecular weight excluding hydrogens is 348 g/mol. The van der Waals surface area contributed by atoms with Gasteiger partial charge < -0.3 is 10.1 Å². The lowest BCUT2D eigenvalue weighted by Crippen LogP contribution is -2.41. The number of rotatable bonds is 7. The van der Waals surface area contributed by atoms with Gasteiger partial charge in [-0.15, -0.1) is 0 Å². The zero-order valence-electron chi connectivity index (χ0n) is 15.2. The Morgan fingerprint density at radius 3 is 2.58 bits per heavy atom. The van der Waals surface area contributed by atoms with E-state index >= 15 is 0 Å². The second-order valence-corrected chi connectivity index (χ2v) is 8.69. The first-order valence-corrected chi connectivity index (χ1v) is 10.6. The molecule has 0 radical (unpaired) electrons. The summed E-state index contributed by atoms with van der Waals surface area (Å²) in [4.78, 5) is 0. The van der Waals surface area contributed by atoms with Gasteiger partial charge >= 0.3 is 0 Å². The molecular formula is C20H26N2O3S. The van der Waals surface area contributed by atoms with Crippen molar-refractivity contribution in [3.63, 3.8) is 0 Å². The molecule has 26 heavy (non-hydrogen) atoms. The normalized spacial score (nSPS) is 19.6. The Hall–Kier alpha value is -1.89. The first kappa shape index (κ1) is 18.9. The fourth-order valence-electron chi connectivity index (χ4n) is 3.34. The number of fused-ring (bicyclic) bond motifs is 1. The molecule has 5 nitrogen and oxygen atoms in total. The molecule has 2 atom stereocenters. The van der Waals surface area contributed by atoms with Gasteiger partial charge in [-0.3, -0.25) is 0 Å². The lowest BCUT2D eigenvalue weighted by Gasteiger charge is -2.34. The van der Waals surface area contributed by atoms with E-state index in [0.29, 0.717) is 13.2 Å². The van der Waals surface area contributed by atoms with Crippen LogP contribution in [0.4, 0.5) is 0 Å². The minimum absolute atomic E-state index is 0.0828. The minimum Gasteiger partial charge on any atom is -0.492 e. The maximum atomic E-state index is 11.7. The van der Waals surface area contributed by atoms with E-state index in [2.05, 4.69) is 40.4 Å². The van der Waals surface area contributed by atoms with Crippen LogP contribution in [0.25, 0.3) is 0 Å². The summed E-state index contributed by atoms with van der Waals surface area (Å²) in [5.74, 6) is 1.24. The molecule has 3 rings (SSSR count). The lowest BCUT2D eigenvalue weighted by molar-refractivity contribution is 0.218. The Labute approximate surface area is 155 Å². The van der Waals surface area contributed by atoms with Crippen molar-refractivity contribution < 1.29 is 13.2 Å². The Kier molecular flexibility index (Phi) is 5.96. The van der Waals surface area contributed by atoms with Gasteiger partial charge in [0.25, 0.3) is 0 Å². The van der Waals surface area contributed by atoms with Crippen molar-refractivity contribution in [2.24, 2.45) is 0 Å². The summed E-state index contributed by atoms with van der Waals surface area (Å²) in [6, 6.07) is 16.6. The predicted molar refractivity (Wildman–Crippen MR) is 104 cm³/mol. The van der Waals surface area contributed by atoms with Gasteiger partial charge in [0.1, 0.15) is 12.4 Å². The Bertz CT molecular complexity index is 837. The maximum absolute atomic E-state index is 11.7. The molecule has 0 spiro atoms. The van der Waals surface area contributed by atoms with Crippen LogP contribution in [0.15, 0.2) is 48.5 Å². The van der Waals surface area contributed by atoms with Gasteiger partial charge in [-0.2, -0.15) is 0 Å². The zero-order chi connectivity index (χ0) is 18.6. The number of benzene rings is 2. The average Bonchev–Trinajstić information content (AvgIpc) is 2.67. The third-order valence-electron chi connectivity index (χ3n) is 4.92. The predicted octanol–water partition coefficient (Wildman–Crippen LogP) is 2.43. The maximum Gasteiger partial charge on any atom is 0.211 e. The summed E-state index contributed by atoms with van der Waals surface area (Å²) >= 11 is 0. The van der Waals surface area contributed by atoms with E-state index in [4.69, 9.17) is 4.74 Å². The molecule has 1 heterocycles. The van der Waals surface area contributed by atoms with Crippen LogP contribution in [-0.2, 0) is 23.0 Å². The number of ether oxygens (including phenoxy) is 1. The molecule has 2 N–H and O–H groups in total. The van der Waals surface area contributed by atoms with Crippen LogP contribution in [0, 0.1) is 0 Å². The first-order valence-electron chi connectivity index (χ1n) is 8.96. The quantitative estimate of drug-likeness (QED) is 0.781. The summed E-state index contributed by atoms with van der Waals surface area (Å²) in [5, 5.41) is 3.36. The highest BCUT2D eigenvalue weighted by Crippen LogP contribution is 2.36. The van der Waals surface area contributed by atoms with E-state index < -0.39 is 10.0 Å². The molecule has 6 heteroatoms. The Morgan fingerprint density at radius 1 is 1.12 bits per heavy atom. The fourth-order valence-corrected chi connectivity index (χ4v) is 3.93. The highest BCUT2D eigenvalue weighted by molar-refractivity contribution is 7.89. The van der Waals surface area contributed by atoms with Crippen LogP contribution >= 0.6 is 0 Å². The molecule has 0 unspecified atom stereocenters. The molecule has 0 saturated heterocycles. The average molecular weight is 375 g/mol. The van der Waals surface area contributed by atoms with Crippen molar-refractivity contribution in [3.05, 3.63) is 65.2 Å². The van der Waals surface area contributed by atoms with E-state index in [9.17, 15) is 8.42 Å². The van der Waals surface area contributed by atoms with Gasteiger partial charge in [0.05, 0.1) is 5.75 Å². The topological polar surface area (TPSA) is 67.4 Å². The number of hydrogen-bond acceptors (Lipinski definition) is 4. The highest BCUT2D eigenvalue weighted by atomic mass is 32.2. The van der Waals surface area contributed by atoms with Gasteiger partial charge in [-0.05, 0) is 43.1 Å². The third-order valence-corrected chi connectivity index (χ3v) is 6.27. The van der Waals surface area contributed by atoms with Crippen LogP contribution in [-0.4, -0.2) is 33.9 Å². The number of hydrogen-bond donors (Lipinski definition) is 2. The van der Waals surface area contributed by atoms with E-state index in [1.165, 1.54) is 5.56 Å². The first-order chi connectivity index (χ1) is 12.5. The summed E-state index contributed by atoms with van der Waals surface area (Å²) in [7, 11) is -1.26. The van der Waals surface area contributed by atoms with Crippen LogP contribution in [0.3, 0.4) is 0 Å². The van der Waals surface area contributed by atoms with Crippen molar-refractivity contribution >= 4 is 10.0 Å². The van der Waals surface area contributed by atoms with E-state index in [1.54, 1.807) is 6.92 Å². The molecule has 0 amide bonds. The zero-order valence-corrected chi connectivity index (χ0v) is 16.1. The lowest BCUT2D eigenvalue weighted by atomic mass is 9.83. The van der Waals surface area contributed by atoms with Gasteiger partial charge in [-0.25, -0.2) is 13.1 Å². The summed E-state index contributed by atoms with van der Waals surface area (Å²) in [6.07, 6.45) is 0.910. The summed E-state index contributed by atoms with van der Waals surface area (Å²) < 4.78 is 32.0. The van der Waals surface area contributed by atoms with Gasteiger partial charge in [0, 0.05) is 18.5 Å². The van der Waals surface area contributed by atoms with Crippen molar-refractivity contribution in [1.29, 1.82) is 0 Å². The SMILES string of the molecule is CCS(=O)(=O)NCc1ccc2c(c1)[C@@H](Cc1ccccc1)[C@@H](NC)CO2. The van der Waals surface area contributed by atoms with Crippen molar-refractivity contribution in [3.8, 4) is 5.75 Å². The van der Waals surface area contributed by atoms with Crippen LogP contribution < -0.4 is 14.8 Å². The van der Waals surface area contributed by atoms with Crippen LogP contribution in [0.1, 0.15) is 29.5 Å². The smallest absolute Gasteiger partial charge is 0.211 e. The van der Waals surface area contributed by atoms with Crippen LogP contribution in [0.5, 0.6) is 5.75 Å². The number of sulfonamides is 1. The highest BCUT2D eigenvalue weighted by Gasteiger charge is 2.30.